The van der Waals surface area contributed by atoms with E-state index in [9.17, 15) is 4.79 Å². The average Bonchev–Trinajstić information content (AvgIpc) is 2.52. The molecule has 0 aliphatic heterocycles. The predicted octanol–water partition coefficient (Wildman–Crippen LogP) is 2.54. The van der Waals surface area contributed by atoms with E-state index in [1.165, 1.54) is 26.2 Å². The summed E-state index contributed by atoms with van der Waals surface area (Å²) in [5.74, 6) is 3.07. The van der Waals surface area contributed by atoms with E-state index in [2.05, 4.69) is 12.2 Å². The lowest BCUT2D eigenvalue weighted by molar-refractivity contribution is -0.149. The number of carbonyl (C=O) groups excluding carboxylic acids is 1. The second kappa shape index (κ2) is 3.36. The lowest BCUT2D eigenvalue weighted by Crippen LogP contribution is -2.26. The van der Waals surface area contributed by atoms with Crippen molar-refractivity contribution in [3.8, 4) is 0 Å². The van der Waals surface area contributed by atoms with Gasteiger partial charge in [0.2, 0.25) is 0 Å². The number of carbonyl (C=O) groups is 1. The van der Waals surface area contributed by atoms with Gasteiger partial charge < -0.3 is 4.74 Å². The van der Waals surface area contributed by atoms with Gasteiger partial charge >= 0.3 is 5.97 Å². The number of esters is 1. The first kappa shape index (κ1) is 9.44. The van der Waals surface area contributed by atoms with Gasteiger partial charge in [-0.1, -0.05) is 12.2 Å². The first-order chi connectivity index (χ1) is 7.25. The molecule has 0 heterocycles. The highest BCUT2D eigenvalue weighted by Crippen LogP contribution is 2.57. The van der Waals surface area contributed by atoms with Gasteiger partial charge in [0.25, 0.3) is 0 Å². The van der Waals surface area contributed by atoms with Crippen LogP contribution in [0.5, 0.6) is 0 Å². The smallest absolute Gasteiger partial charge is 0.302 e. The SMILES string of the molecule is CC(=O)O[C@H]1C[C@@H]2[C@H]3CC=CC[C@@H]2[C@@H]1C3. The lowest BCUT2D eigenvalue weighted by atomic mass is 9.85. The summed E-state index contributed by atoms with van der Waals surface area (Å²) in [6.07, 6.45) is 9.80. The molecular formula is C13H18O2. The van der Waals surface area contributed by atoms with E-state index in [1.807, 2.05) is 0 Å². The van der Waals surface area contributed by atoms with Crippen LogP contribution in [0.1, 0.15) is 32.6 Å². The molecule has 15 heavy (non-hydrogen) atoms. The van der Waals surface area contributed by atoms with Crippen LogP contribution < -0.4 is 0 Å². The van der Waals surface area contributed by atoms with Crippen LogP contribution >= 0.6 is 0 Å². The molecule has 0 spiro atoms. The zero-order chi connectivity index (χ0) is 10.4. The maximum atomic E-state index is 11.0. The third kappa shape index (κ3) is 1.42. The number of allylic oxidation sites excluding steroid dienone is 2. The zero-order valence-electron chi connectivity index (χ0n) is 9.19. The first-order valence-electron chi connectivity index (χ1n) is 6.08. The Bertz CT molecular complexity index is 308. The number of hydrogen-bond acceptors (Lipinski definition) is 2. The van der Waals surface area contributed by atoms with Crippen molar-refractivity contribution in [1.29, 1.82) is 0 Å². The summed E-state index contributed by atoms with van der Waals surface area (Å²) in [5, 5.41) is 0. The molecule has 0 unspecified atom stereocenters. The van der Waals surface area contributed by atoms with Crippen molar-refractivity contribution in [2.45, 2.75) is 38.7 Å². The van der Waals surface area contributed by atoms with Crippen molar-refractivity contribution in [3.63, 3.8) is 0 Å². The molecule has 0 aromatic rings. The second-order valence-electron chi connectivity index (χ2n) is 5.31. The van der Waals surface area contributed by atoms with Crippen LogP contribution in [0.2, 0.25) is 0 Å². The molecular weight excluding hydrogens is 188 g/mol. The summed E-state index contributed by atoms with van der Waals surface area (Å²) in [6, 6.07) is 0. The molecule has 82 valence electrons. The van der Waals surface area contributed by atoms with Gasteiger partial charge in [-0.05, 0) is 49.4 Å². The van der Waals surface area contributed by atoms with Crippen molar-refractivity contribution >= 4 is 5.97 Å². The molecule has 0 radical (unpaired) electrons. The fraction of sp³-hybridized carbons (Fsp3) is 0.769. The Kier molecular flexibility index (Phi) is 2.11. The minimum atomic E-state index is -0.101. The van der Waals surface area contributed by atoms with E-state index in [-0.39, 0.29) is 12.1 Å². The van der Waals surface area contributed by atoms with Crippen molar-refractivity contribution in [2.24, 2.45) is 23.7 Å². The molecule has 0 aromatic heterocycles. The standard InChI is InChI=1S/C13H18O2/c1-8(14)15-13-7-11-9-4-2-3-5-10(11)12(13)6-9/h2-3,9-13H,4-7H2,1H3/t9-,10-,11+,12-,13-/m0/s1. The zero-order valence-corrected chi connectivity index (χ0v) is 9.19. The fourth-order valence-electron chi connectivity index (χ4n) is 4.10. The molecule has 4 bridgehead atoms. The lowest BCUT2D eigenvalue weighted by Gasteiger charge is -2.26. The van der Waals surface area contributed by atoms with Gasteiger partial charge in [-0.15, -0.1) is 0 Å². The van der Waals surface area contributed by atoms with Crippen molar-refractivity contribution in [1.82, 2.24) is 0 Å². The molecule has 3 aliphatic carbocycles. The van der Waals surface area contributed by atoms with Crippen LogP contribution in [0, 0.1) is 23.7 Å². The van der Waals surface area contributed by atoms with E-state index >= 15 is 0 Å². The number of ether oxygens (including phenoxy) is 1. The molecule has 3 aliphatic rings. The molecule has 2 fully saturated rings. The Labute approximate surface area is 90.7 Å². The molecule has 3 rings (SSSR count). The maximum Gasteiger partial charge on any atom is 0.302 e. The van der Waals surface area contributed by atoms with Gasteiger partial charge in [-0.2, -0.15) is 0 Å². The molecule has 0 aromatic carbocycles. The van der Waals surface area contributed by atoms with Crippen LogP contribution in [0.4, 0.5) is 0 Å². The Hall–Kier alpha value is -0.790. The molecule has 0 amide bonds. The summed E-state index contributed by atoms with van der Waals surface area (Å²) in [5.41, 5.74) is 0. The third-order valence-electron chi connectivity index (χ3n) is 4.59. The van der Waals surface area contributed by atoms with Crippen molar-refractivity contribution in [2.75, 3.05) is 0 Å². The van der Waals surface area contributed by atoms with Gasteiger partial charge in [0.1, 0.15) is 6.10 Å². The van der Waals surface area contributed by atoms with Gasteiger partial charge in [0, 0.05) is 6.92 Å². The Morgan fingerprint density at radius 3 is 2.73 bits per heavy atom. The largest absolute Gasteiger partial charge is 0.462 e. The maximum absolute atomic E-state index is 11.0. The molecule has 0 N–H and O–H groups in total. The quantitative estimate of drug-likeness (QED) is 0.487. The van der Waals surface area contributed by atoms with E-state index in [0.29, 0.717) is 5.92 Å². The minimum Gasteiger partial charge on any atom is -0.462 e. The predicted molar refractivity (Wildman–Crippen MR) is 57.1 cm³/mol. The first-order valence-corrected chi connectivity index (χ1v) is 6.08. The highest BCUT2D eigenvalue weighted by molar-refractivity contribution is 5.66. The van der Waals surface area contributed by atoms with Gasteiger partial charge in [-0.3, -0.25) is 4.79 Å². The summed E-state index contributed by atoms with van der Waals surface area (Å²) >= 11 is 0. The summed E-state index contributed by atoms with van der Waals surface area (Å²) in [6.45, 7) is 1.53. The highest BCUT2D eigenvalue weighted by Gasteiger charge is 2.53. The van der Waals surface area contributed by atoms with Crippen LogP contribution in [-0.4, -0.2) is 12.1 Å². The van der Waals surface area contributed by atoms with Crippen LogP contribution in [-0.2, 0) is 9.53 Å². The van der Waals surface area contributed by atoms with E-state index < -0.39 is 0 Å². The molecule has 2 saturated carbocycles. The topological polar surface area (TPSA) is 26.3 Å². The Morgan fingerprint density at radius 2 is 1.93 bits per heavy atom. The summed E-state index contributed by atoms with van der Waals surface area (Å²) in [7, 11) is 0. The van der Waals surface area contributed by atoms with E-state index in [1.54, 1.807) is 0 Å². The third-order valence-corrected chi connectivity index (χ3v) is 4.59. The van der Waals surface area contributed by atoms with Gasteiger partial charge in [-0.25, -0.2) is 0 Å². The minimum absolute atomic E-state index is 0.101. The van der Waals surface area contributed by atoms with Crippen LogP contribution in [0.25, 0.3) is 0 Å². The highest BCUT2D eigenvalue weighted by atomic mass is 16.5. The van der Waals surface area contributed by atoms with E-state index in [0.717, 1.165) is 24.2 Å². The van der Waals surface area contributed by atoms with Crippen molar-refractivity contribution in [3.05, 3.63) is 12.2 Å². The van der Waals surface area contributed by atoms with Crippen molar-refractivity contribution < 1.29 is 9.53 Å². The Morgan fingerprint density at radius 1 is 1.13 bits per heavy atom. The number of hydrogen-bond donors (Lipinski definition) is 0. The average molecular weight is 206 g/mol. The fourth-order valence-corrected chi connectivity index (χ4v) is 4.10. The molecule has 2 nitrogen and oxygen atoms in total. The molecule has 0 saturated heterocycles. The van der Waals surface area contributed by atoms with E-state index in [4.69, 9.17) is 4.74 Å². The molecule has 5 atom stereocenters. The van der Waals surface area contributed by atoms with Crippen LogP contribution in [0.15, 0.2) is 12.2 Å². The van der Waals surface area contributed by atoms with Crippen LogP contribution in [0.3, 0.4) is 0 Å². The second-order valence-corrected chi connectivity index (χ2v) is 5.31. The van der Waals surface area contributed by atoms with Gasteiger partial charge in [0.05, 0.1) is 0 Å². The summed E-state index contributed by atoms with van der Waals surface area (Å²) in [4.78, 5) is 11.0. The summed E-state index contributed by atoms with van der Waals surface area (Å²) < 4.78 is 5.43. The monoisotopic (exact) mass is 206 g/mol. The molecule has 2 heteroatoms. The Balaban J connectivity index is 1.77. The number of rotatable bonds is 1. The van der Waals surface area contributed by atoms with Gasteiger partial charge in [0.15, 0.2) is 0 Å². The normalized spacial score (nSPS) is 46.6.